The fourth-order valence-corrected chi connectivity index (χ4v) is 1.30. The molecular weight excluding hydrogens is 220 g/mol. The van der Waals surface area contributed by atoms with Crippen LogP contribution in [0.2, 0.25) is 0 Å². The van der Waals surface area contributed by atoms with E-state index in [1.807, 2.05) is 0 Å². The summed E-state index contributed by atoms with van der Waals surface area (Å²) < 4.78 is 0. The molecule has 1 amide bonds. The molecule has 5 heteroatoms. The smallest absolute Gasteiger partial charge is 0.224 e. The molecule has 0 aliphatic rings. The first-order chi connectivity index (χ1) is 7.93. The molecule has 0 aromatic heterocycles. The third-order valence-electron chi connectivity index (χ3n) is 2.32. The second-order valence-corrected chi connectivity index (χ2v) is 4.35. The number of hydrogen-bond acceptors (Lipinski definition) is 4. The van der Waals surface area contributed by atoms with Crippen LogP contribution in [0.25, 0.3) is 0 Å². The molecule has 0 fully saturated rings. The van der Waals surface area contributed by atoms with Gasteiger partial charge in [0.2, 0.25) is 5.91 Å². The van der Waals surface area contributed by atoms with Gasteiger partial charge in [0.25, 0.3) is 0 Å². The Labute approximate surface area is 100 Å². The molecule has 0 radical (unpaired) electrons. The molecule has 17 heavy (non-hydrogen) atoms. The summed E-state index contributed by atoms with van der Waals surface area (Å²) in [6.07, 6.45) is 0.201. The average Bonchev–Trinajstić information content (AvgIpc) is 2.27. The van der Waals surface area contributed by atoms with Crippen molar-refractivity contribution in [2.75, 3.05) is 18.9 Å². The highest BCUT2D eigenvalue weighted by Crippen LogP contribution is 2.07. The van der Waals surface area contributed by atoms with Crippen molar-refractivity contribution in [1.82, 2.24) is 5.32 Å². The molecule has 1 unspecified atom stereocenters. The first-order valence-electron chi connectivity index (χ1n) is 5.37. The number of carbonyl (C=O) groups excluding carboxylic acids is 1. The molecular formula is C12H18N2O3. The van der Waals surface area contributed by atoms with Gasteiger partial charge in [-0.3, -0.25) is 4.79 Å². The van der Waals surface area contributed by atoms with Gasteiger partial charge in [-0.1, -0.05) is 12.1 Å². The van der Waals surface area contributed by atoms with Crippen molar-refractivity contribution in [3.05, 3.63) is 29.8 Å². The van der Waals surface area contributed by atoms with Crippen LogP contribution in [0.4, 0.5) is 5.69 Å². The average molecular weight is 238 g/mol. The third-order valence-corrected chi connectivity index (χ3v) is 2.32. The highest BCUT2D eigenvalue weighted by molar-refractivity contribution is 5.78. The maximum atomic E-state index is 11.5. The normalized spacial score (nSPS) is 14.1. The Bertz CT molecular complexity index is 391. The Hall–Kier alpha value is -1.59. The van der Waals surface area contributed by atoms with Gasteiger partial charge in [0.15, 0.2) is 0 Å². The zero-order chi connectivity index (χ0) is 12.9. The van der Waals surface area contributed by atoms with E-state index in [0.717, 1.165) is 5.56 Å². The molecule has 1 atom stereocenters. The van der Waals surface area contributed by atoms with E-state index in [9.17, 15) is 9.90 Å². The molecule has 0 heterocycles. The Kier molecular flexibility index (Phi) is 4.48. The number of anilines is 1. The van der Waals surface area contributed by atoms with Crippen LogP contribution >= 0.6 is 0 Å². The summed E-state index contributed by atoms with van der Waals surface area (Å²) in [6, 6.07) is 7.06. The minimum absolute atomic E-state index is 0.0185. The van der Waals surface area contributed by atoms with Crippen molar-refractivity contribution in [2.24, 2.45) is 0 Å². The monoisotopic (exact) mass is 238 g/mol. The maximum Gasteiger partial charge on any atom is 0.224 e. The molecule has 5 N–H and O–H groups in total. The number of rotatable bonds is 5. The summed E-state index contributed by atoms with van der Waals surface area (Å²) >= 11 is 0. The number of aliphatic hydroxyl groups excluding tert-OH is 1. The molecule has 0 bridgehead atoms. The second kappa shape index (κ2) is 5.65. The minimum atomic E-state index is -1.29. The van der Waals surface area contributed by atoms with Gasteiger partial charge in [0, 0.05) is 12.2 Å². The van der Waals surface area contributed by atoms with Crippen molar-refractivity contribution in [1.29, 1.82) is 0 Å². The largest absolute Gasteiger partial charge is 0.399 e. The molecule has 0 aliphatic carbocycles. The number of hydrogen-bond donors (Lipinski definition) is 4. The summed E-state index contributed by atoms with van der Waals surface area (Å²) in [5.41, 5.74) is 5.73. The van der Waals surface area contributed by atoms with Crippen molar-refractivity contribution in [3.63, 3.8) is 0 Å². The number of nitrogen functional groups attached to an aromatic ring is 1. The quantitative estimate of drug-likeness (QED) is 0.528. The molecule has 1 aromatic carbocycles. The molecule has 94 valence electrons. The van der Waals surface area contributed by atoms with Crippen molar-refractivity contribution < 1.29 is 15.0 Å². The van der Waals surface area contributed by atoms with Crippen LogP contribution in [0.5, 0.6) is 0 Å². The Morgan fingerprint density at radius 2 is 2.24 bits per heavy atom. The Morgan fingerprint density at radius 3 is 2.82 bits per heavy atom. The predicted octanol–water partition coefficient (Wildman–Crippen LogP) is -0.329. The first kappa shape index (κ1) is 13.5. The van der Waals surface area contributed by atoms with E-state index in [0.29, 0.717) is 5.69 Å². The molecule has 0 aliphatic heterocycles. The summed E-state index contributed by atoms with van der Waals surface area (Å²) in [6.45, 7) is 1.07. The lowest BCUT2D eigenvalue weighted by atomic mass is 10.1. The zero-order valence-electron chi connectivity index (χ0n) is 9.81. The molecule has 0 spiro atoms. The third kappa shape index (κ3) is 4.84. The number of carbonyl (C=O) groups is 1. The van der Waals surface area contributed by atoms with Gasteiger partial charge in [-0.25, -0.2) is 0 Å². The van der Waals surface area contributed by atoms with E-state index in [2.05, 4.69) is 5.32 Å². The highest BCUT2D eigenvalue weighted by Gasteiger charge is 2.19. The molecule has 1 aromatic rings. The van der Waals surface area contributed by atoms with E-state index < -0.39 is 12.2 Å². The van der Waals surface area contributed by atoms with Crippen LogP contribution in [0, 0.1) is 0 Å². The van der Waals surface area contributed by atoms with E-state index in [-0.39, 0.29) is 18.9 Å². The Balaban J connectivity index is 2.45. The summed E-state index contributed by atoms with van der Waals surface area (Å²) in [4.78, 5) is 11.5. The lowest BCUT2D eigenvalue weighted by Gasteiger charge is -2.20. The van der Waals surface area contributed by atoms with Crippen molar-refractivity contribution in [3.8, 4) is 0 Å². The van der Waals surface area contributed by atoms with Crippen LogP contribution in [-0.2, 0) is 11.2 Å². The van der Waals surface area contributed by atoms with E-state index >= 15 is 0 Å². The van der Waals surface area contributed by atoms with Crippen molar-refractivity contribution >= 4 is 11.6 Å². The van der Waals surface area contributed by atoms with E-state index in [4.69, 9.17) is 10.8 Å². The van der Waals surface area contributed by atoms with Gasteiger partial charge in [-0.2, -0.15) is 0 Å². The molecule has 0 saturated carbocycles. The molecule has 5 nitrogen and oxygen atoms in total. The topological polar surface area (TPSA) is 95.6 Å². The molecule has 1 rings (SSSR count). The number of nitrogens with two attached hydrogens (primary N) is 1. The zero-order valence-corrected chi connectivity index (χ0v) is 9.81. The predicted molar refractivity (Wildman–Crippen MR) is 65.3 cm³/mol. The lowest BCUT2D eigenvalue weighted by Crippen LogP contribution is -2.43. The number of nitrogens with one attached hydrogen (secondary N) is 1. The maximum absolute atomic E-state index is 11.5. The van der Waals surface area contributed by atoms with Crippen LogP contribution in [-0.4, -0.2) is 34.9 Å². The fraction of sp³-hybridized carbons (Fsp3) is 0.417. The first-order valence-corrected chi connectivity index (χ1v) is 5.37. The van der Waals surface area contributed by atoms with Gasteiger partial charge in [0.05, 0.1) is 13.0 Å². The standard InChI is InChI=1S/C12H18N2O3/c1-12(17,8-15)7-14-11(16)6-9-3-2-4-10(13)5-9/h2-5,15,17H,6-8,13H2,1H3,(H,14,16). The van der Waals surface area contributed by atoms with Crippen LogP contribution in [0.15, 0.2) is 24.3 Å². The minimum Gasteiger partial charge on any atom is -0.399 e. The van der Waals surface area contributed by atoms with E-state index in [1.165, 1.54) is 6.92 Å². The summed E-state index contributed by atoms with van der Waals surface area (Å²) in [5, 5.41) is 20.9. The highest BCUT2D eigenvalue weighted by atomic mass is 16.3. The van der Waals surface area contributed by atoms with Gasteiger partial charge in [-0.15, -0.1) is 0 Å². The SMILES string of the molecule is CC(O)(CO)CNC(=O)Cc1cccc(N)c1. The van der Waals surface area contributed by atoms with Gasteiger partial charge in [0.1, 0.15) is 5.60 Å². The number of aliphatic hydroxyl groups is 2. The second-order valence-electron chi connectivity index (χ2n) is 4.35. The van der Waals surface area contributed by atoms with Gasteiger partial charge < -0.3 is 21.3 Å². The van der Waals surface area contributed by atoms with Gasteiger partial charge >= 0.3 is 0 Å². The number of amides is 1. The van der Waals surface area contributed by atoms with Gasteiger partial charge in [-0.05, 0) is 24.6 Å². The number of benzene rings is 1. The molecule has 0 saturated heterocycles. The summed E-state index contributed by atoms with van der Waals surface area (Å²) in [5.74, 6) is -0.218. The van der Waals surface area contributed by atoms with Crippen LogP contribution < -0.4 is 11.1 Å². The summed E-state index contributed by atoms with van der Waals surface area (Å²) in [7, 11) is 0. The van der Waals surface area contributed by atoms with Crippen LogP contribution in [0.1, 0.15) is 12.5 Å². The fourth-order valence-electron chi connectivity index (χ4n) is 1.30. The van der Waals surface area contributed by atoms with Crippen molar-refractivity contribution in [2.45, 2.75) is 18.9 Å². The lowest BCUT2D eigenvalue weighted by molar-refractivity contribution is -0.121. The van der Waals surface area contributed by atoms with E-state index in [1.54, 1.807) is 24.3 Å². The van der Waals surface area contributed by atoms with Crippen LogP contribution in [0.3, 0.4) is 0 Å². The Morgan fingerprint density at radius 1 is 1.53 bits per heavy atom.